The molecule has 1 aliphatic rings. The summed E-state index contributed by atoms with van der Waals surface area (Å²) in [6.45, 7) is 6.06. The molecule has 0 saturated heterocycles. The molecular weight excluding hydrogens is 473 g/mol. The summed E-state index contributed by atoms with van der Waals surface area (Å²) in [6.07, 6.45) is 1.17. The van der Waals surface area contributed by atoms with Crippen molar-refractivity contribution in [2.75, 3.05) is 26.7 Å². The average molecular weight is 506 g/mol. The number of likely N-dealkylation sites (N-methyl/N-ethyl adjacent to an activating group) is 1. The van der Waals surface area contributed by atoms with E-state index in [0.29, 0.717) is 12.1 Å². The van der Waals surface area contributed by atoms with Crippen molar-refractivity contribution in [1.29, 1.82) is 0 Å². The van der Waals surface area contributed by atoms with E-state index in [0.717, 1.165) is 16.7 Å². The third kappa shape index (κ3) is 5.80. The van der Waals surface area contributed by atoms with Crippen LogP contribution in [0.25, 0.3) is 11.1 Å². The SMILES string of the molecule is Cc1ccc(-c2cnc3c(c2)C(=O)N([C@@H](C)CO)C[C@H](C)[C@H](CN(C)C(=O)c2cccc(F)c2)O3)cc1. The van der Waals surface area contributed by atoms with Crippen molar-refractivity contribution in [3.63, 3.8) is 0 Å². The molecule has 8 heteroatoms. The molecule has 3 aromatic rings. The molecule has 0 aliphatic carbocycles. The van der Waals surface area contributed by atoms with E-state index < -0.39 is 18.0 Å². The van der Waals surface area contributed by atoms with Crippen molar-refractivity contribution in [2.45, 2.75) is 32.9 Å². The Bertz CT molecular complexity index is 1280. The highest BCUT2D eigenvalue weighted by atomic mass is 19.1. The quantitative estimate of drug-likeness (QED) is 0.543. The number of rotatable bonds is 6. The largest absolute Gasteiger partial charge is 0.472 e. The van der Waals surface area contributed by atoms with Gasteiger partial charge in [-0.1, -0.05) is 42.8 Å². The van der Waals surface area contributed by atoms with E-state index in [2.05, 4.69) is 4.98 Å². The zero-order chi connectivity index (χ0) is 26.7. The number of hydrogen-bond donors (Lipinski definition) is 1. The van der Waals surface area contributed by atoms with Gasteiger partial charge in [0.05, 0.1) is 19.2 Å². The molecule has 4 rings (SSSR count). The van der Waals surface area contributed by atoms with E-state index in [1.54, 1.807) is 37.2 Å². The first kappa shape index (κ1) is 26.3. The van der Waals surface area contributed by atoms with E-state index in [-0.39, 0.29) is 42.3 Å². The molecule has 1 N–H and O–H groups in total. The number of aryl methyl sites for hydroxylation is 1. The van der Waals surface area contributed by atoms with Crippen LogP contribution in [-0.4, -0.2) is 70.6 Å². The lowest BCUT2D eigenvalue weighted by Crippen LogP contribution is -2.50. The lowest BCUT2D eigenvalue weighted by molar-refractivity contribution is 0.0313. The van der Waals surface area contributed by atoms with E-state index in [1.807, 2.05) is 38.1 Å². The summed E-state index contributed by atoms with van der Waals surface area (Å²) in [5, 5.41) is 9.87. The summed E-state index contributed by atoms with van der Waals surface area (Å²) in [7, 11) is 1.64. The molecule has 2 aromatic carbocycles. The maximum Gasteiger partial charge on any atom is 0.259 e. The van der Waals surface area contributed by atoms with Gasteiger partial charge in [-0.2, -0.15) is 0 Å². The van der Waals surface area contributed by atoms with Crippen molar-refractivity contribution in [1.82, 2.24) is 14.8 Å². The second kappa shape index (κ2) is 11.1. The molecule has 0 unspecified atom stereocenters. The number of carbonyl (C=O) groups excluding carboxylic acids is 2. The molecule has 194 valence electrons. The van der Waals surface area contributed by atoms with Gasteiger partial charge in [0, 0.05) is 36.8 Å². The predicted octanol–water partition coefficient (Wildman–Crippen LogP) is 4.19. The standard InChI is InChI=1S/C29H32FN3O4/c1-18-8-10-21(11-9-18)23-13-25-27(31-14-23)37-26(19(2)15-33(29(25)36)20(3)17-34)16-32(4)28(35)22-6-5-7-24(30)12-22/h5-14,19-20,26,34H,15-17H2,1-4H3/t19-,20-,26-/m0/s1. The molecule has 2 heterocycles. The molecule has 1 aromatic heterocycles. The van der Waals surface area contributed by atoms with Crippen molar-refractivity contribution >= 4 is 11.8 Å². The smallest absolute Gasteiger partial charge is 0.259 e. The first-order valence-corrected chi connectivity index (χ1v) is 12.3. The monoisotopic (exact) mass is 505 g/mol. The lowest BCUT2D eigenvalue weighted by Gasteiger charge is -2.37. The number of nitrogens with zero attached hydrogens (tertiary/aromatic N) is 3. The fourth-order valence-corrected chi connectivity index (χ4v) is 4.42. The van der Waals surface area contributed by atoms with Crippen LogP contribution in [0.2, 0.25) is 0 Å². The van der Waals surface area contributed by atoms with Crippen molar-refractivity contribution in [3.8, 4) is 17.0 Å². The summed E-state index contributed by atoms with van der Waals surface area (Å²) < 4.78 is 20.0. The van der Waals surface area contributed by atoms with Crippen LogP contribution >= 0.6 is 0 Å². The Morgan fingerprint density at radius 3 is 2.62 bits per heavy atom. The summed E-state index contributed by atoms with van der Waals surface area (Å²) in [4.78, 5) is 34.2. The summed E-state index contributed by atoms with van der Waals surface area (Å²) >= 11 is 0. The van der Waals surface area contributed by atoms with Gasteiger partial charge in [0.15, 0.2) is 0 Å². The highest BCUT2D eigenvalue weighted by Crippen LogP contribution is 2.30. The molecular formula is C29H32FN3O4. The van der Waals surface area contributed by atoms with Crippen molar-refractivity contribution in [2.24, 2.45) is 5.92 Å². The molecule has 3 atom stereocenters. The molecule has 0 spiro atoms. The number of aliphatic hydroxyl groups is 1. The van der Waals surface area contributed by atoms with Gasteiger partial charge in [-0.25, -0.2) is 9.37 Å². The number of pyridine rings is 1. The predicted molar refractivity (Wildman–Crippen MR) is 139 cm³/mol. The molecule has 1 aliphatic heterocycles. The lowest BCUT2D eigenvalue weighted by atomic mass is 9.98. The number of ether oxygens (including phenoxy) is 1. The summed E-state index contributed by atoms with van der Waals surface area (Å²) in [5.74, 6) is -1.10. The van der Waals surface area contributed by atoms with Crippen LogP contribution in [0.3, 0.4) is 0 Å². The Hall–Kier alpha value is -3.78. The number of amides is 2. The normalized spacial score (nSPS) is 18.3. The molecule has 0 fully saturated rings. The molecule has 0 saturated carbocycles. The zero-order valence-corrected chi connectivity index (χ0v) is 21.5. The van der Waals surface area contributed by atoms with Crippen LogP contribution in [0.15, 0.2) is 60.8 Å². The van der Waals surface area contributed by atoms with Crippen LogP contribution in [0.4, 0.5) is 4.39 Å². The minimum absolute atomic E-state index is 0.180. The maximum absolute atomic E-state index is 13.7. The fourth-order valence-electron chi connectivity index (χ4n) is 4.42. The number of halogens is 1. The van der Waals surface area contributed by atoms with Gasteiger partial charge in [-0.3, -0.25) is 9.59 Å². The Balaban J connectivity index is 1.68. The average Bonchev–Trinajstić information content (AvgIpc) is 2.90. The minimum atomic E-state index is -0.500. The summed E-state index contributed by atoms with van der Waals surface area (Å²) in [6, 6.07) is 14.8. The number of fused-ring (bicyclic) bond motifs is 1. The summed E-state index contributed by atoms with van der Waals surface area (Å²) in [5.41, 5.74) is 3.36. The van der Waals surface area contributed by atoms with E-state index in [4.69, 9.17) is 4.74 Å². The maximum atomic E-state index is 13.7. The Kier molecular flexibility index (Phi) is 7.88. The van der Waals surface area contributed by atoms with E-state index in [1.165, 1.54) is 23.1 Å². The Morgan fingerprint density at radius 1 is 1.22 bits per heavy atom. The Labute approximate surface area is 216 Å². The van der Waals surface area contributed by atoms with E-state index >= 15 is 0 Å². The number of aliphatic hydroxyl groups excluding tert-OH is 1. The van der Waals surface area contributed by atoms with Gasteiger partial charge in [0.1, 0.15) is 17.5 Å². The van der Waals surface area contributed by atoms with Crippen molar-refractivity contribution in [3.05, 3.63) is 83.3 Å². The van der Waals surface area contributed by atoms with Crippen LogP contribution in [-0.2, 0) is 0 Å². The molecule has 0 radical (unpaired) electrons. The van der Waals surface area contributed by atoms with Crippen LogP contribution in [0.5, 0.6) is 5.88 Å². The van der Waals surface area contributed by atoms with Crippen molar-refractivity contribution < 1.29 is 23.8 Å². The third-order valence-corrected chi connectivity index (χ3v) is 6.78. The van der Waals surface area contributed by atoms with Crippen LogP contribution in [0.1, 0.15) is 40.1 Å². The molecule has 0 bridgehead atoms. The highest BCUT2D eigenvalue weighted by molar-refractivity contribution is 5.98. The minimum Gasteiger partial charge on any atom is -0.472 e. The third-order valence-electron chi connectivity index (χ3n) is 6.78. The van der Waals surface area contributed by atoms with Gasteiger partial charge >= 0.3 is 0 Å². The number of carbonyl (C=O) groups is 2. The second-order valence-electron chi connectivity index (χ2n) is 9.76. The highest BCUT2D eigenvalue weighted by Gasteiger charge is 2.35. The zero-order valence-electron chi connectivity index (χ0n) is 21.5. The van der Waals surface area contributed by atoms with Gasteiger partial charge in [-0.15, -0.1) is 0 Å². The second-order valence-corrected chi connectivity index (χ2v) is 9.76. The van der Waals surface area contributed by atoms with Gasteiger partial charge in [0.25, 0.3) is 11.8 Å². The topological polar surface area (TPSA) is 83.0 Å². The van der Waals surface area contributed by atoms with E-state index in [9.17, 15) is 19.1 Å². The van der Waals surface area contributed by atoms with Gasteiger partial charge in [0.2, 0.25) is 5.88 Å². The first-order valence-electron chi connectivity index (χ1n) is 12.3. The van der Waals surface area contributed by atoms with Crippen LogP contribution in [0, 0.1) is 18.7 Å². The number of aromatic nitrogens is 1. The molecule has 2 amide bonds. The number of hydrogen-bond acceptors (Lipinski definition) is 5. The van der Waals surface area contributed by atoms with Gasteiger partial charge in [-0.05, 0) is 43.7 Å². The fraction of sp³-hybridized carbons (Fsp3) is 0.345. The molecule has 37 heavy (non-hydrogen) atoms. The van der Waals surface area contributed by atoms with Gasteiger partial charge < -0.3 is 19.6 Å². The molecule has 7 nitrogen and oxygen atoms in total. The Morgan fingerprint density at radius 2 is 1.95 bits per heavy atom. The number of benzene rings is 2. The van der Waals surface area contributed by atoms with Crippen LogP contribution < -0.4 is 4.74 Å². The first-order chi connectivity index (χ1) is 17.7.